The van der Waals surface area contributed by atoms with Crippen molar-refractivity contribution in [2.75, 3.05) is 7.11 Å². The van der Waals surface area contributed by atoms with Gasteiger partial charge < -0.3 is 9.84 Å². The lowest BCUT2D eigenvalue weighted by Gasteiger charge is -2.00. The first-order valence-electron chi connectivity index (χ1n) is 3.42. The predicted octanol–water partition coefficient (Wildman–Crippen LogP) is 0.176. The van der Waals surface area contributed by atoms with E-state index in [-0.39, 0.29) is 23.9 Å². The molecule has 0 heterocycles. The Morgan fingerprint density at radius 2 is 2.40 bits per heavy atom. The lowest BCUT2D eigenvalue weighted by atomic mass is 10.2. The molecule has 1 aliphatic rings. The average Bonchev–Trinajstić information content (AvgIpc) is 2.64. The van der Waals surface area contributed by atoms with Crippen molar-refractivity contribution in [3.05, 3.63) is 0 Å². The number of carbonyl (C=O) groups excluding carboxylic acids is 1. The maximum atomic E-state index is 10.8. The highest BCUT2D eigenvalue weighted by Crippen LogP contribution is 2.41. The molecule has 0 aromatic heterocycles. The van der Waals surface area contributed by atoms with Crippen molar-refractivity contribution in [2.24, 2.45) is 11.8 Å². The summed E-state index contributed by atoms with van der Waals surface area (Å²) in [5.41, 5.74) is 0. The Hall–Kier alpha value is -0.570. The summed E-state index contributed by atoms with van der Waals surface area (Å²) < 4.78 is 4.50. The Bertz CT molecular complexity index is 142. The number of methoxy groups -OCH3 is 1. The molecular weight excluding hydrogens is 132 g/mol. The highest BCUT2D eigenvalue weighted by Gasteiger charge is 2.46. The van der Waals surface area contributed by atoms with Crippen molar-refractivity contribution in [3.8, 4) is 0 Å². The quantitative estimate of drug-likeness (QED) is 0.562. The van der Waals surface area contributed by atoms with Crippen LogP contribution in [0.4, 0.5) is 0 Å². The molecule has 0 spiro atoms. The van der Waals surface area contributed by atoms with Crippen molar-refractivity contribution < 1.29 is 14.6 Å². The van der Waals surface area contributed by atoms with Gasteiger partial charge in [-0.3, -0.25) is 4.79 Å². The number of hydrogen-bond donors (Lipinski definition) is 1. The summed E-state index contributed by atoms with van der Waals surface area (Å²) in [5.74, 6) is -0.0802. The molecule has 1 saturated carbocycles. The molecule has 0 saturated heterocycles. The number of ether oxygens (including phenoxy) is 1. The Morgan fingerprint density at radius 1 is 1.80 bits per heavy atom. The minimum Gasteiger partial charge on any atom is -0.469 e. The smallest absolute Gasteiger partial charge is 0.309 e. The van der Waals surface area contributed by atoms with Gasteiger partial charge in [0.2, 0.25) is 0 Å². The topological polar surface area (TPSA) is 46.5 Å². The van der Waals surface area contributed by atoms with E-state index >= 15 is 0 Å². The second-order valence-corrected chi connectivity index (χ2v) is 2.77. The number of hydrogen-bond acceptors (Lipinski definition) is 3. The molecule has 0 amide bonds. The first-order valence-corrected chi connectivity index (χ1v) is 3.42. The Labute approximate surface area is 60.0 Å². The molecule has 1 aliphatic carbocycles. The molecule has 3 nitrogen and oxygen atoms in total. The van der Waals surface area contributed by atoms with Gasteiger partial charge in [0, 0.05) is 0 Å². The molecule has 0 bridgehead atoms. The highest BCUT2D eigenvalue weighted by molar-refractivity contribution is 5.75. The van der Waals surface area contributed by atoms with E-state index in [2.05, 4.69) is 4.74 Å². The molecular formula is C7H12O3. The Balaban J connectivity index is 2.31. The maximum Gasteiger partial charge on any atom is 0.309 e. The van der Waals surface area contributed by atoms with Crippen LogP contribution < -0.4 is 0 Å². The summed E-state index contributed by atoms with van der Waals surface area (Å²) in [6, 6.07) is 0. The van der Waals surface area contributed by atoms with E-state index in [1.54, 1.807) is 6.92 Å². The van der Waals surface area contributed by atoms with E-state index in [1.807, 2.05) is 0 Å². The third-order valence-electron chi connectivity index (χ3n) is 1.96. The van der Waals surface area contributed by atoms with Crippen LogP contribution in [0.2, 0.25) is 0 Å². The zero-order valence-corrected chi connectivity index (χ0v) is 6.20. The molecule has 1 fully saturated rings. The van der Waals surface area contributed by atoms with Gasteiger partial charge in [-0.05, 0) is 19.3 Å². The van der Waals surface area contributed by atoms with Crippen molar-refractivity contribution >= 4 is 5.97 Å². The van der Waals surface area contributed by atoms with Crippen LogP contribution in [0.3, 0.4) is 0 Å². The normalized spacial score (nSPS) is 33.1. The summed E-state index contributed by atoms with van der Waals surface area (Å²) in [4.78, 5) is 10.8. The van der Waals surface area contributed by atoms with E-state index in [0.717, 1.165) is 6.42 Å². The molecule has 1 N–H and O–H groups in total. The van der Waals surface area contributed by atoms with Gasteiger partial charge in [-0.1, -0.05) is 0 Å². The number of aliphatic hydroxyl groups excluding tert-OH is 1. The summed E-state index contributed by atoms with van der Waals surface area (Å²) in [7, 11) is 1.37. The van der Waals surface area contributed by atoms with Crippen molar-refractivity contribution in [3.63, 3.8) is 0 Å². The fourth-order valence-electron chi connectivity index (χ4n) is 1.17. The summed E-state index contributed by atoms with van der Waals surface area (Å²) in [5, 5.41) is 9.00. The lowest BCUT2D eigenvalue weighted by Crippen LogP contribution is -2.10. The SMILES string of the molecule is COC(=O)[C@@H]1C[C@H]1C(C)O. The van der Waals surface area contributed by atoms with Gasteiger partial charge in [0.05, 0.1) is 19.1 Å². The molecule has 1 unspecified atom stereocenters. The fraction of sp³-hybridized carbons (Fsp3) is 0.857. The van der Waals surface area contributed by atoms with E-state index in [9.17, 15) is 4.79 Å². The van der Waals surface area contributed by atoms with E-state index in [1.165, 1.54) is 7.11 Å². The van der Waals surface area contributed by atoms with Gasteiger partial charge >= 0.3 is 5.97 Å². The predicted molar refractivity (Wildman–Crippen MR) is 35.3 cm³/mol. The Morgan fingerprint density at radius 3 is 2.70 bits per heavy atom. The summed E-state index contributed by atoms with van der Waals surface area (Å²) in [6.07, 6.45) is 0.411. The molecule has 0 radical (unpaired) electrons. The highest BCUT2D eigenvalue weighted by atomic mass is 16.5. The Kier molecular flexibility index (Phi) is 1.94. The minimum absolute atomic E-state index is 0.0370. The van der Waals surface area contributed by atoms with E-state index in [0.29, 0.717) is 0 Å². The van der Waals surface area contributed by atoms with Crippen molar-refractivity contribution in [1.29, 1.82) is 0 Å². The number of aliphatic hydroxyl groups is 1. The van der Waals surface area contributed by atoms with E-state index < -0.39 is 0 Å². The third-order valence-corrected chi connectivity index (χ3v) is 1.96. The van der Waals surface area contributed by atoms with Gasteiger partial charge in [0.1, 0.15) is 0 Å². The van der Waals surface area contributed by atoms with Crippen LogP contribution >= 0.6 is 0 Å². The van der Waals surface area contributed by atoms with Gasteiger partial charge in [0.25, 0.3) is 0 Å². The number of carbonyl (C=O) groups is 1. The van der Waals surface area contributed by atoms with E-state index in [4.69, 9.17) is 5.11 Å². The minimum atomic E-state index is -0.371. The third kappa shape index (κ3) is 1.29. The van der Waals surface area contributed by atoms with Crippen LogP contribution in [0, 0.1) is 11.8 Å². The maximum absolute atomic E-state index is 10.8. The largest absolute Gasteiger partial charge is 0.469 e. The zero-order chi connectivity index (χ0) is 7.72. The summed E-state index contributed by atoms with van der Waals surface area (Å²) in [6.45, 7) is 1.70. The molecule has 0 aliphatic heterocycles. The second-order valence-electron chi connectivity index (χ2n) is 2.77. The summed E-state index contributed by atoms with van der Waals surface area (Å²) >= 11 is 0. The second kappa shape index (κ2) is 2.58. The molecule has 3 atom stereocenters. The van der Waals surface area contributed by atoms with Crippen molar-refractivity contribution in [1.82, 2.24) is 0 Å². The number of rotatable bonds is 2. The van der Waals surface area contributed by atoms with Crippen LogP contribution in [0.5, 0.6) is 0 Å². The average molecular weight is 144 g/mol. The molecule has 3 heteroatoms. The van der Waals surface area contributed by atoms with Crippen LogP contribution in [-0.2, 0) is 9.53 Å². The van der Waals surface area contributed by atoms with Crippen LogP contribution in [0.1, 0.15) is 13.3 Å². The van der Waals surface area contributed by atoms with Gasteiger partial charge in [0.15, 0.2) is 0 Å². The fourth-order valence-corrected chi connectivity index (χ4v) is 1.17. The monoisotopic (exact) mass is 144 g/mol. The number of esters is 1. The molecule has 0 aromatic rings. The van der Waals surface area contributed by atoms with Gasteiger partial charge in [-0.2, -0.15) is 0 Å². The van der Waals surface area contributed by atoms with Crippen LogP contribution in [0.25, 0.3) is 0 Å². The molecule has 58 valence electrons. The van der Waals surface area contributed by atoms with Crippen LogP contribution in [-0.4, -0.2) is 24.3 Å². The molecule has 10 heavy (non-hydrogen) atoms. The van der Waals surface area contributed by atoms with Gasteiger partial charge in [-0.25, -0.2) is 0 Å². The lowest BCUT2D eigenvalue weighted by molar-refractivity contribution is -0.142. The standard InChI is InChI=1S/C7H12O3/c1-4(8)5-3-6(5)7(9)10-2/h4-6,8H,3H2,1-2H3/t4?,5-,6+/m0/s1. The zero-order valence-electron chi connectivity index (χ0n) is 6.20. The molecule has 1 rings (SSSR count). The first-order chi connectivity index (χ1) is 4.66. The van der Waals surface area contributed by atoms with Crippen LogP contribution in [0.15, 0.2) is 0 Å². The molecule has 0 aromatic carbocycles. The first kappa shape index (κ1) is 7.54. The van der Waals surface area contributed by atoms with Crippen molar-refractivity contribution in [2.45, 2.75) is 19.4 Å². The van der Waals surface area contributed by atoms with Gasteiger partial charge in [-0.15, -0.1) is 0 Å².